The topological polar surface area (TPSA) is 19.6 Å². The molecule has 0 atom stereocenters. The van der Waals surface area contributed by atoms with Crippen molar-refractivity contribution in [2.75, 3.05) is 9.80 Å². The van der Waals surface area contributed by atoms with Gasteiger partial charge in [0.15, 0.2) is 5.58 Å². The molecule has 0 N–H and O–H groups in total. The highest BCUT2D eigenvalue weighted by molar-refractivity contribution is 7.27. The first-order valence-electron chi connectivity index (χ1n) is 23.2. The van der Waals surface area contributed by atoms with Gasteiger partial charge in [0.25, 0.3) is 0 Å². The van der Waals surface area contributed by atoms with E-state index in [2.05, 4.69) is 252 Å². The maximum atomic E-state index is 7.08. The van der Waals surface area contributed by atoms with Gasteiger partial charge < -0.3 is 14.2 Å². The second-order valence-electron chi connectivity index (χ2n) is 17.5. The summed E-state index contributed by atoms with van der Waals surface area (Å²) >= 11 is 1.89. The average molecular weight is 885 g/mol. The smallest absolute Gasteiger partial charge is 0.159 e. The molecule has 0 amide bonds. The van der Waals surface area contributed by atoms with Gasteiger partial charge in [0, 0.05) is 54.0 Å². The van der Waals surface area contributed by atoms with Gasteiger partial charge in [-0.05, 0) is 86.8 Å². The van der Waals surface area contributed by atoms with Crippen LogP contribution in [0.3, 0.4) is 0 Å². The van der Waals surface area contributed by atoms with Gasteiger partial charge in [-0.15, -0.1) is 11.3 Å². The highest BCUT2D eigenvalue weighted by Crippen LogP contribution is 2.52. The lowest BCUT2D eigenvalue weighted by Gasteiger charge is -2.29. The molecule has 12 aromatic carbocycles. The summed E-state index contributed by atoms with van der Waals surface area (Å²) in [7, 11) is 0. The Kier molecular flexibility index (Phi) is 8.76. The Morgan fingerprint density at radius 2 is 0.721 bits per heavy atom. The van der Waals surface area contributed by atoms with E-state index in [4.69, 9.17) is 4.42 Å². The number of benzene rings is 12. The van der Waals surface area contributed by atoms with Crippen LogP contribution in [0.1, 0.15) is 0 Å². The minimum Gasteiger partial charge on any atom is -0.453 e. The van der Waals surface area contributed by atoms with Crippen LogP contribution in [-0.2, 0) is 0 Å². The molecule has 0 saturated heterocycles. The fraction of sp³-hybridized carbons (Fsp3) is 0. The average Bonchev–Trinajstić information content (AvgIpc) is 4.00. The Labute approximate surface area is 396 Å². The van der Waals surface area contributed by atoms with Gasteiger partial charge >= 0.3 is 0 Å². The molecule has 0 radical (unpaired) electrons. The van der Waals surface area contributed by atoms with Gasteiger partial charge in [0.05, 0.1) is 27.4 Å². The number of rotatable bonds is 8. The predicted molar refractivity (Wildman–Crippen MR) is 291 cm³/mol. The van der Waals surface area contributed by atoms with Gasteiger partial charge in [-0.2, -0.15) is 0 Å². The summed E-state index contributed by atoms with van der Waals surface area (Å²) in [6.07, 6.45) is 0. The summed E-state index contributed by atoms with van der Waals surface area (Å²) in [5.74, 6) is 0. The van der Waals surface area contributed by atoms with Gasteiger partial charge in [-0.1, -0.05) is 194 Å². The van der Waals surface area contributed by atoms with Gasteiger partial charge in [0.1, 0.15) is 5.58 Å². The van der Waals surface area contributed by atoms with E-state index in [9.17, 15) is 0 Å². The summed E-state index contributed by atoms with van der Waals surface area (Å²) in [6, 6.07) is 87.9. The first-order valence-corrected chi connectivity index (χ1v) is 24.0. The largest absolute Gasteiger partial charge is 0.453 e. The van der Waals surface area contributed by atoms with Crippen LogP contribution in [0.25, 0.3) is 96.7 Å². The van der Waals surface area contributed by atoms with Crippen molar-refractivity contribution in [2.45, 2.75) is 0 Å². The van der Waals surface area contributed by atoms with Crippen molar-refractivity contribution in [2.24, 2.45) is 0 Å². The molecule has 0 aliphatic heterocycles. The molecule has 0 saturated carbocycles. The van der Waals surface area contributed by atoms with Crippen molar-refractivity contribution in [3.8, 4) is 22.3 Å². The molecule has 0 spiro atoms. The number of hydrogen-bond acceptors (Lipinski definition) is 4. The number of furan rings is 1. The molecule has 0 aliphatic rings. The summed E-state index contributed by atoms with van der Waals surface area (Å²) < 4.78 is 9.64. The Morgan fingerprint density at radius 1 is 0.279 bits per heavy atom. The van der Waals surface area contributed by atoms with Crippen LogP contribution >= 0.6 is 11.3 Å². The van der Waals surface area contributed by atoms with Crippen molar-refractivity contribution < 1.29 is 4.42 Å². The van der Waals surface area contributed by atoms with E-state index < -0.39 is 0 Å². The van der Waals surface area contributed by atoms with Gasteiger partial charge in [-0.3, -0.25) is 0 Å². The van der Waals surface area contributed by atoms with Crippen molar-refractivity contribution in [3.05, 3.63) is 243 Å². The van der Waals surface area contributed by atoms with Gasteiger partial charge in [-0.25, -0.2) is 0 Å². The molecular weight excluding hydrogens is 845 g/mol. The quantitative estimate of drug-likeness (QED) is 0.142. The molecule has 0 fully saturated rings. The standard InChI is InChI=1S/C64H40N2OS/c1-5-17-41(18-6-1)47-25-13-27-49-50-28-15-31-57(62(50)67-61(47)49)65(45-21-9-3-10-22-45)55-39-35-43-34-38-54-56(40-36-44-33-37-53(55)59(43)60(44)54)66(46-23-11-4-12-24-46)58-32-16-30-52-51-29-14-26-48(63(51)68-64(52)58)42-19-7-2-8-20-42/h1-40H. The number of fused-ring (bicyclic) bond motifs is 6. The van der Waals surface area contributed by atoms with Crippen LogP contribution < -0.4 is 9.80 Å². The molecule has 68 heavy (non-hydrogen) atoms. The van der Waals surface area contributed by atoms with Crippen LogP contribution in [0.4, 0.5) is 34.1 Å². The van der Waals surface area contributed by atoms with Crippen molar-refractivity contribution in [1.82, 2.24) is 0 Å². The van der Waals surface area contributed by atoms with Gasteiger partial charge in [0.2, 0.25) is 0 Å². The Bertz CT molecular complexity index is 3920. The Morgan fingerprint density at radius 3 is 1.31 bits per heavy atom. The predicted octanol–water partition coefficient (Wildman–Crippen LogP) is 19.1. The number of anilines is 6. The Hall–Kier alpha value is -8.70. The molecule has 14 rings (SSSR count). The molecule has 0 aliphatic carbocycles. The molecule has 2 aromatic heterocycles. The van der Waals surface area contributed by atoms with E-state index in [0.717, 1.165) is 67.2 Å². The van der Waals surface area contributed by atoms with Crippen LogP contribution in [0.15, 0.2) is 247 Å². The zero-order valence-electron chi connectivity index (χ0n) is 36.8. The van der Waals surface area contributed by atoms with E-state index in [0.29, 0.717) is 0 Å². The lowest BCUT2D eigenvalue weighted by molar-refractivity contribution is 0.670. The molecule has 2 heterocycles. The van der Waals surface area contributed by atoms with E-state index in [1.807, 2.05) is 11.3 Å². The summed E-state index contributed by atoms with van der Waals surface area (Å²) in [5.41, 5.74) is 13.0. The maximum absolute atomic E-state index is 7.08. The van der Waals surface area contributed by atoms with Crippen molar-refractivity contribution in [1.29, 1.82) is 0 Å². The van der Waals surface area contributed by atoms with E-state index in [-0.39, 0.29) is 0 Å². The summed E-state index contributed by atoms with van der Waals surface area (Å²) in [4.78, 5) is 4.87. The zero-order chi connectivity index (χ0) is 44.7. The first kappa shape index (κ1) is 38.6. The van der Waals surface area contributed by atoms with Crippen LogP contribution in [0, 0.1) is 0 Å². The van der Waals surface area contributed by atoms with Crippen LogP contribution in [-0.4, -0.2) is 0 Å². The highest BCUT2D eigenvalue weighted by atomic mass is 32.1. The molecule has 0 unspecified atom stereocenters. The second-order valence-corrected chi connectivity index (χ2v) is 18.6. The third-order valence-corrected chi connectivity index (χ3v) is 15.1. The van der Waals surface area contributed by atoms with Crippen LogP contribution in [0.5, 0.6) is 0 Å². The minimum absolute atomic E-state index is 0.854. The molecule has 4 heteroatoms. The second kappa shape index (κ2) is 15.5. The number of thiophene rings is 1. The lowest BCUT2D eigenvalue weighted by atomic mass is 9.91. The third-order valence-electron chi connectivity index (χ3n) is 13.8. The van der Waals surface area contributed by atoms with E-state index >= 15 is 0 Å². The SMILES string of the molecule is c1ccc(-c2cccc3c2oc2c(N(c4ccccc4)c4ccc5ccc6c(N(c7ccccc7)c7cccc8c7sc7c(-c9ccccc9)cccc78)ccc7ccc4c5c76)cccc23)cc1. The molecule has 318 valence electrons. The molecule has 0 bridgehead atoms. The van der Waals surface area contributed by atoms with Crippen molar-refractivity contribution >= 4 is 120 Å². The first-order chi connectivity index (χ1) is 33.8. The van der Waals surface area contributed by atoms with Crippen molar-refractivity contribution in [3.63, 3.8) is 0 Å². The number of nitrogens with zero attached hydrogens (tertiary/aromatic N) is 2. The molecule has 14 aromatic rings. The number of para-hydroxylation sites is 4. The monoisotopic (exact) mass is 884 g/mol. The normalized spacial score (nSPS) is 11.8. The molecule has 3 nitrogen and oxygen atoms in total. The van der Waals surface area contributed by atoms with Crippen LogP contribution in [0.2, 0.25) is 0 Å². The third kappa shape index (κ3) is 5.91. The minimum atomic E-state index is 0.854. The summed E-state index contributed by atoms with van der Waals surface area (Å²) in [5, 5.41) is 12.0. The lowest BCUT2D eigenvalue weighted by Crippen LogP contribution is -2.11. The fourth-order valence-electron chi connectivity index (χ4n) is 10.8. The Balaban J connectivity index is 0.999. The maximum Gasteiger partial charge on any atom is 0.159 e. The number of hydrogen-bond donors (Lipinski definition) is 0. The highest BCUT2D eigenvalue weighted by Gasteiger charge is 2.26. The van der Waals surface area contributed by atoms with E-state index in [1.54, 1.807) is 0 Å². The zero-order valence-corrected chi connectivity index (χ0v) is 37.6. The fourth-order valence-corrected chi connectivity index (χ4v) is 12.1. The van der Waals surface area contributed by atoms with E-state index in [1.165, 1.54) is 63.6 Å². The molecular formula is C64H40N2OS. The summed E-state index contributed by atoms with van der Waals surface area (Å²) in [6.45, 7) is 0.